The molecular formula is C11H18N4. The number of anilines is 2. The van der Waals surface area contributed by atoms with E-state index in [1.807, 2.05) is 0 Å². The molecule has 1 aromatic rings. The second-order valence-corrected chi connectivity index (χ2v) is 4.04. The van der Waals surface area contributed by atoms with E-state index in [-0.39, 0.29) is 0 Å². The van der Waals surface area contributed by atoms with Crippen LogP contribution in [0.2, 0.25) is 0 Å². The van der Waals surface area contributed by atoms with Crippen molar-refractivity contribution >= 4 is 11.6 Å². The quantitative estimate of drug-likeness (QED) is 0.815. The van der Waals surface area contributed by atoms with Crippen molar-refractivity contribution in [1.82, 2.24) is 9.97 Å². The molecule has 2 rings (SSSR count). The summed E-state index contributed by atoms with van der Waals surface area (Å²) < 4.78 is 0. The summed E-state index contributed by atoms with van der Waals surface area (Å²) in [6, 6.07) is 0.688. The van der Waals surface area contributed by atoms with E-state index < -0.39 is 0 Å². The number of hydrogen-bond donors (Lipinski definition) is 1. The first-order valence-electron chi connectivity index (χ1n) is 5.52. The predicted molar refractivity (Wildman–Crippen MR) is 62.4 cm³/mol. The van der Waals surface area contributed by atoms with Gasteiger partial charge in [-0.25, -0.2) is 9.97 Å². The highest BCUT2D eigenvalue weighted by atomic mass is 15.2. The molecule has 0 amide bonds. The Hall–Kier alpha value is -1.32. The fourth-order valence-corrected chi connectivity index (χ4v) is 1.78. The molecule has 0 bridgehead atoms. The van der Waals surface area contributed by atoms with E-state index in [1.165, 1.54) is 12.8 Å². The molecule has 1 aliphatic carbocycles. The minimum Gasteiger partial charge on any atom is -0.370 e. The lowest BCUT2D eigenvalue weighted by Gasteiger charge is -2.20. The van der Waals surface area contributed by atoms with E-state index in [0.29, 0.717) is 6.04 Å². The first kappa shape index (κ1) is 10.2. The Balaban J connectivity index is 2.26. The van der Waals surface area contributed by atoms with Crippen LogP contribution in [-0.2, 0) is 0 Å². The maximum absolute atomic E-state index is 4.36. The molecule has 1 aromatic heterocycles. The number of rotatable bonds is 4. The Morgan fingerprint density at radius 2 is 2.20 bits per heavy atom. The molecule has 0 aliphatic heterocycles. The van der Waals surface area contributed by atoms with Crippen molar-refractivity contribution in [2.45, 2.75) is 32.7 Å². The van der Waals surface area contributed by atoms with Gasteiger partial charge in [-0.2, -0.15) is 0 Å². The molecule has 1 fully saturated rings. The second kappa shape index (κ2) is 4.04. The van der Waals surface area contributed by atoms with Crippen LogP contribution in [0.5, 0.6) is 0 Å². The van der Waals surface area contributed by atoms with Crippen molar-refractivity contribution in [1.29, 1.82) is 0 Å². The average molecular weight is 206 g/mol. The highest BCUT2D eigenvalue weighted by Crippen LogP contribution is 2.31. The zero-order chi connectivity index (χ0) is 10.8. The van der Waals surface area contributed by atoms with E-state index in [2.05, 4.69) is 41.1 Å². The highest BCUT2D eigenvalue weighted by Gasteiger charge is 2.28. The third-order valence-electron chi connectivity index (χ3n) is 2.83. The normalized spacial score (nSPS) is 15.1. The summed E-state index contributed by atoms with van der Waals surface area (Å²) in [6.45, 7) is 5.04. The molecule has 0 aromatic carbocycles. The molecule has 1 saturated carbocycles. The van der Waals surface area contributed by atoms with Crippen molar-refractivity contribution in [2.24, 2.45) is 0 Å². The van der Waals surface area contributed by atoms with E-state index in [0.717, 1.165) is 23.7 Å². The van der Waals surface area contributed by atoms with Gasteiger partial charge in [0, 0.05) is 25.2 Å². The summed E-state index contributed by atoms with van der Waals surface area (Å²) in [4.78, 5) is 10.9. The van der Waals surface area contributed by atoms with Gasteiger partial charge in [0.25, 0.3) is 0 Å². The van der Waals surface area contributed by atoms with E-state index >= 15 is 0 Å². The molecule has 0 radical (unpaired) electrons. The van der Waals surface area contributed by atoms with Gasteiger partial charge >= 0.3 is 0 Å². The fraction of sp³-hybridized carbons (Fsp3) is 0.636. The van der Waals surface area contributed by atoms with Gasteiger partial charge in [0.1, 0.15) is 18.0 Å². The highest BCUT2D eigenvalue weighted by molar-refractivity contribution is 5.58. The summed E-state index contributed by atoms with van der Waals surface area (Å²) in [5.74, 6) is 2.01. The molecule has 4 heteroatoms. The smallest absolute Gasteiger partial charge is 0.137 e. The van der Waals surface area contributed by atoms with Crippen LogP contribution in [-0.4, -0.2) is 29.6 Å². The van der Waals surface area contributed by atoms with Crippen LogP contribution < -0.4 is 10.2 Å². The number of nitrogens with zero attached hydrogens (tertiary/aromatic N) is 3. The van der Waals surface area contributed by atoms with Gasteiger partial charge in [-0.3, -0.25) is 0 Å². The summed E-state index contributed by atoms with van der Waals surface area (Å²) in [6.07, 6.45) is 4.21. The van der Waals surface area contributed by atoms with Gasteiger partial charge < -0.3 is 10.2 Å². The fourth-order valence-electron chi connectivity index (χ4n) is 1.78. The van der Waals surface area contributed by atoms with E-state index in [1.54, 1.807) is 6.33 Å². The van der Waals surface area contributed by atoms with Gasteiger partial charge in [0.2, 0.25) is 0 Å². The van der Waals surface area contributed by atoms with Gasteiger partial charge in [-0.15, -0.1) is 0 Å². The Morgan fingerprint density at radius 1 is 1.47 bits per heavy atom. The second-order valence-electron chi connectivity index (χ2n) is 4.04. The molecule has 1 N–H and O–H groups in total. The lowest BCUT2D eigenvalue weighted by molar-refractivity contribution is 0.876. The van der Waals surface area contributed by atoms with Crippen molar-refractivity contribution < 1.29 is 0 Å². The SMILES string of the molecule is CCNc1ncnc(N(C)C2CC2)c1C. The van der Waals surface area contributed by atoms with Crippen LogP contribution in [0.1, 0.15) is 25.3 Å². The average Bonchev–Trinajstić information content (AvgIpc) is 3.04. The van der Waals surface area contributed by atoms with Gasteiger partial charge in [0.15, 0.2) is 0 Å². The van der Waals surface area contributed by atoms with Crippen molar-refractivity contribution in [3.8, 4) is 0 Å². The van der Waals surface area contributed by atoms with Crippen LogP contribution in [0, 0.1) is 6.92 Å². The third-order valence-corrected chi connectivity index (χ3v) is 2.83. The molecule has 0 saturated heterocycles. The molecule has 0 spiro atoms. The van der Waals surface area contributed by atoms with Gasteiger partial charge in [-0.1, -0.05) is 0 Å². The Morgan fingerprint density at radius 3 is 2.80 bits per heavy atom. The molecule has 0 atom stereocenters. The zero-order valence-corrected chi connectivity index (χ0v) is 9.62. The van der Waals surface area contributed by atoms with Crippen LogP contribution in [0.3, 0.4) is 0 Å². The van der Waals surface area contributed by atoms with Crippen LogP contribution >= 0.6 is 0 Å². The molecule has 0 unspecified atom stereocenters. The maximum Gasteiger partial charge on any atom is 0.137 e. The molecular weight excluding hydrogens is 188 g/mol. The molecule has 4 nitrogen and oxygen atoms in total. The molecule has 1 heterocycles. The molecule has 82 valence electrons. The molecule has 15 heavy (non-hydrogen) atoms. The summed E-state index contributed by atoms with van der Waals surface area (Å²) >= 11 is 0. The first-order valence-corrected chi connectivity index (χ1v) is 5.52. The van der Waals surface area contributed by atoms with Crippen molar-refractivity contribution in [2.75, 3.05) is 23.8 Å². The number of hydrogen-bond acceptors (Lipinski definition) is 4. The summed E-state index contributed by atoms with van der Waals surface area (Å²) in [7, 11) is 2.11. The number of nitrogens with one attached hydrogen (secondary N) is 1. The Labute approximate surface area is 90.7 Å². The van der Waals surface area contributed by atoms with Crippen LogP contribution in [0.4, 0.5) is 11.6 Å². The topological polar surface area (TPSA) is 41.1 Å². The Bertz CT molecular complexity index is 346. The van der Waals surface area contributed by atoms with Crippen molar-refractivity contribution in [3.05, 3.63) is 11.9 Å². The monoisotopic (exact) mass is 206 g/mol. The largest absolute Gasteiger partial charge is 0.370 e. The summed E-state index contributed by atoms with van der Waals surface area (Å²) in [5, 5.41) is 3.25. The van der Waals surface area contributed by atoms with Crippen LogP contribution in [0.25, 0.3) is 0 Å². The lowest BCUT2D eigenvalue weighted by Crippen LogP contribution is -2.22. The first-order chi connectivity index (χ1) is 7.24. The molecule has 1 aliphatic rings. The lowest BCUT2D eigenvalue weighted by atomic mass is 10.3. The van der Waals surface area contributed by atoms with Gasteiger partial charge in [0.05, 0.1) is 0 Å². The predicted octanol–water partition coefficient (Wildman–Crippen LogP) is 1.82. The summed E-state index contributed by atoms with van der Waals surface area (Å²) in [5.41, 5.74) is 1.15. The third kappa shape index (κ3) is 2.03. The van der Waals surface area contributed by atoms with Crippen molar-refractivity contribution in [3.63, 3.8) is 0 Å². The van der Waals surface area contributed by atoms with E-state index in [9.17, 15) is 0 Å². The van der Waals surface area contributed by atoms with Crippen LogP contribution in [0.15, 0.2) is 6.33 Å². The number of aromatic nitrogens is 2. The minimum absolute atomic E-state index is 0.688. The Kier molecular flexibility index (Phi) is 2.75. The standard InChI is InChI=1S/C11H18N4/c1-4-12-10-8(2)11(14-7-13-10)15(3)9-5-6-9/h7,9H,4-6H2,1-3H3,(H,12,13,14). The zero-order valence-electron chi connectivity index (χ0n) is 9.62. The maximum atomic E-state index is 4.36. The van der Waals surface area contributed by atoms with E-state index in [4.69, 9.17) is 0 Å². The minimum atomic E-state index is 0.688. The van der Waals surface area contributed by atoms with Gasteiger partial charge in [-0.05, 0) is 26.7 Å².